The van der Waals surface area contributed by atoms with Gasteiger partial charge in [-0.05, 0) is 51.3 Å². The van der Waals surface area contributed by atoms with Crippen LogP contribution in [0.4, 0.5) is 0 Å². The molecule has 0 spiro atoms. The maximum Gasteiger partial charge on any atom is 0.337 e. The molecule has 1 unspecified atom stereocenters. The Hall–Kier alpha value is -1.88. The fourth-order valence-corrected chi connectivity index (χ4v) is 3.31. The SMILES string of the molecule is CC(C)N1CCCC(Cc2ncc3ccc(C(=O)O)cn23)C1. The number of hydrogen-bond acceptors (Lipinski definition) is 3. The van der Waals surface area contributed by atoms with Gasteiger partial charge in [0.15, 0.2) is 0 Å². The van der Waals surface area contributed by atoms with Crippen molar-refractivity contribution in [2.75, 3.05) is 13.1 Å². The lowest BCUT2D eigenvalue weighted by Gasteiger charge is -2.35. The van der Waals surface area contributed by atoms with Gasteiger partial charge in [-0.1, -0.05) is 0 Å². The molecule has 3 heterocycles. The van der Waals surface area contributed by atoms with E-state index in [1.807, 2.05) is 16.7 Å². The first-order chi connectivity index (χ1) is 10.5. The van der Waals surface area contributed by atoms with Crippen molar-refractivity contribution in [2.45, 2.75) is 39.2 Å². The van der Waals surface area contributed by atoms with Crippen LogP contribution in [0.25, 0.3) is 5.52 Å². The number of carboxylic acid groups (broad SMARTS) is 1. The van der Waals surface area contributed by atoms with Gasteiger partial charge < -0.3 is 14.4 Å². The van der Waals surface area contributed by atoms with Gasteiger partial charge in [0.05, 0.1) is 17.3 Å². The summed E-state index contributed by atoms with van der Waals surface area (Å²) in [7, 11) is 0. The summed E-state index contributed by atoms with van der Waals surface area (Å²) in [5.74, 6) is 0.661. The Labute approximate surface area is 130 Å². The van der Waals surface area contributed by atoms with Crippen LogP contribution in [0.3, 0.4) is 0 Å². The minimum atomic E-state index is -0.898. The Kier molecular flexibility index (Phi) is 4.16. The zero-order chi connectivity index (χ0) is 15.7. The van der Waals surface area contributed by atoms with E-state index in [1.54, 1.807) is 12.3 Å². The largest absolute Gasteiger partial charge is 0.478 e. The molecule has 2 aromatic rings. The number of carboxylic acids is 1. The topological polar surface area (TPSA) is 57.8 Å². The Balaban J connectivity index is 1.81. The first kappa shape index (κ1) is 15.0. The predicted octanol–water partition coefficient (Wildman–Crippen LogP) is 2.70. The molecule has 1 fully saturated rings. The van der Waals surface area contributed by atoms with Crippen molar-refractivity contribution in [3.05, 3.63) is 35.9 Å². The van der Waals surface area contributed by atoms with Gasteiger partial charge in [-0.15, -0.1) is 0 Å². The molecule has 22 heavy (non-hydrogen) atoms. The summed E-state index contributed by atoms with van der Waals surface area (Å²) in [5, 5.41) is 9.15. The zero-order valence-corrected chi connectivity index (χ0v) is 13.2. The van der Waals surface area contributed by atoms with E-state index >= 15 is 0 Å². The number of aromatic carboxylic acids is 1. The number of imidazole rings is 1. The van der Waals surface area contributed by atoms with Gasteiger partial charge in [0.2, 0.25) is 0 Å². The molecule has 1 atom stereocenters. The normalized spacial score (nSPS) is 19.9. The van der Waals surface area contributed by atoms with Crippen LogP contribution in [-0.4, -0.2) is 44.5 Å². The lowest BCUT2D eigenvalue weighted by Crippen LogP contribution is -2.40. The molecule has 1 aliphatic rings. The second kappa shape index (κ2) is 6.08. The molecule has 5 nitrogen and oxygen atoms in total. The van der Waals surface area contributed by atoms with Crippen LogP contribution in [0, 0.1) is 5.92 Å². The average Bonchev–Trinajstić information content (AvgIpc) is 2.90. The van der Waals surface area contributed by atoms with E-state index in [4.69, 9.17) is 5.11 Å². The number of hydrogen-bond donors (Lipinski definition) is 1. The minimum Gasteiger partial charge on any atom is -0.478 e. The molecule has 0 radical (unpaired) electrons. The standard InChI is InChI=1S/C17H23N3O2/c1-12(2)19-7-3-4-13(10-19)8-16-18-9-15-6-5-14(17(21)22)11-20(15)16/h5-6,9,11-13H,3-4,7-8,10H2,1-2H3,(H,21,22). The molecule has 2 aromatic heterocycles. The van der Waals surface area contributed by atoms with Crippen LogP contribution in [0.1, 0.15) is 42.9 Å². The highest BCUT2D eigenvalue weighted by Crippen LogP contribution is 2.22. The number of likely N-dealkylation sites (tertiary alicyclic amines) is 1. The monoisotopic (exact) mass is 301 g/mol. The van der Waals surface area contributed by atoms with Crippen molar-refractivity contribution < 1.29 is 9.90 Å². The average molecular weight is 301 g/mol. The summed E-state index contributed by atoms with van der Waals surface area (Å²) >= 11 is 0. The number of pyridine rings is 1. The maximum absolute atomic E-state index is 11.1. The Bertz CT molecular complexity index is 678. The van der Waals surface area contributed by atoms with E-state index in [1.165, 1.54) is 19.4 Å². The number of nitrogens with zero attached hydrogens (tertiary/aromatic N) is 3. The molecule has 1 aliphatic heterocycles. The number of rotatable bonds is 4. The van der Waals surface area contributed by atoms with Crippen molar-refractivity contribution in [1.29, 1.82) is 0 Å². The van der Waals surface area contributed by atoms with Crippen molar-refractivity contribution in [1.82, 2.24) is 14.3 Å². The third-order valence-electron chi connectivity index (χ3n) is 4.60. The minimum absolute atomic E-state index is 0.305. The van der Waals surface area contributed by atoms with Crippen LogP contribution >= 0.6 is 0 Å². The van der Waals surface area contributed by atoms with Gasteiger partial charge in [-0.25, -0.2) is 9.78 Å². The van der Waals surface area contributed by atoms with E-state index in [0.717, 1.165) is 24.3 Å². The molecule has 5 heteroatoms. The van der Waals surface area contributed by atoms with Crippen molar-refractivity contribution in [2.24, 2.45) is 5.92 Å². The number of fused-ring (bicyclic) bond motifs is 1. The molecular weight excluding hydrogens is 278 g/mol. The second-order valence-corrected chi connectivity index (χ2v) is 6.49. The first-order valence-electron chi connectivity index (χ1n) is 7.98. The summed E-state index contributed by atoms with van der Waals surface area (Å²) in [4.78, 5) is 18.2. The van der Waals surface area contributed by atoms with Crippen molar-refractivity contribution >= 4 is 11.5 Å². The molecule has 0 amide bonds. The van der Waals surface area contributed by atoms with E-state index in [2.05, 4.69) is 23.7 Å². The molecular formula is C17H23N3O2. The van der Waals surface area contributed by atoms with Gasteiger partial charge in [-0.3, -0.25) is 0 Å². The lowest BCUT2D eigenvalue weighted by molar-refractivity contribution is 0.0696. The molecule has 0 aromatic carbocycles. The first-order valence-corrected chi connectivity index (χ1v) is 7.98. The highest BCUT2D eigenvalue weighted by Gasteiger charge is 2.23. The summed E-state index contributed by atoms with van der Waals surface area (Å²) in [5.41, 5.74) is 1.26. The summed E-state index contributed by atoms with van der Waals surface area (Å²) in [6.45, 7) is 6.77. The Morgan fingerprint density at radius 2 is 2.27 bits per heavy atom. The fraction of sp³-hybridized carbons (Fsp3) is 0.529. The quantitative estimate of drug-likeness (QED) is 0.943. The van der Waals surface area contributed by atoms with Gasteiger partial charge in [0.1, 0.15) is 5.82 Å². The van der Waals surface area contributed by atoms with Gasteiger partial charge in [-0.2, -0.15) is 0 Å². The summed E-state index contributed by atoms with van der Waals surface area (Å²) in [6, 6.07) is 4.03. The molecule has 118 valence electrons. The Morgan fingerprint density at radius 1 is 1.45 bits per heavy atom. The second-order valence-electron chi connectivity index (χ2n) is 6.49. The van der Waals surface area contributed by atoms with Crippen molar-refractivity contribution in [3.63, 3.8) is 0 Å². The predicted molar refractivity (Wildman–Crippen MR) is 85.3 cm³/mol. The van der Waals surface area contributed by atoms with E-state index in [9.17, 15) is 4.79 Å². The van der Waals surface area contributed by atoms with Gasteiger partial charge in [0, 0.05) is 25.2 Å². The fourth-order valence-electron chi connectivity index (χ4n) is 3.31. The summed E-state index contributed by atoms with van der Waals surface area (Å²) < 4.78 is 1.93. The molecule has 1 N–H and O–H groups in total. The number of piperidine rings is 1. The molecule has 0 bridgehead atoms. The molecule has 3 rings (SSSR count). The van der Waals surface area contributed by atoms with Crippen molar-refractivity contribution in [3.8, 4) is 0 Å². The van der Waals surface area contributed by atoms with Gasteiger partial charge in [0.25, 0.3) is 0 Å². The lowest BCUT2D eigenvalue weighted by atomic mass is 9.93. The Morgan fingerprint density at radius 3 is 3.00 bits per heavy atom. The smallest absolute Gasteiger partial charge is 0.337 e. The van der Waals surface area contributed by atoms with E-state index in [0.29, 0.717) is 17.5 Å². The van der Waals surface area contributed by atoms with Crippen LogP contribution in [-0.2, 0) is 6.42 Å². The van der Waals surface area contributed by atoms with E-state index < -0.39 is 5.97 Å². The van der Waals surface area contributed by atoms with Gasteiger partial charge >= 0.3 is 5.97 Å². The third-order valence-corrected chi connectivity index (χ3v) is 4.60. The molecule has 0 aliphatic carbocycles. The van der Waals surface area contributed by atoms with E-state index in [-0.39, 0.29) is 0 Å². The molecule has 0 saturated carbocycles. The zero-order valence-electron chi connectivity index (χ0n) is 13.2. The van der Waals surface area contributed by atoms with Crippen LogP contribution < -0.4 is 0 Å². The number of carbonyl (C=O) groups is 1. The van der Waals surface area contributed by atoms with Crippen LogP contribution in [0.2, 0.25) is 0 Å². The highest BCUT2D eigenvalue weighted by atomic mass is 16.4. The summed E-state index contributed by atoms with van der Waals surface area (Å²) in [6.07, 6.45) is 6.86. The third kappa shape index (κ3) is 2.99. The number of aromatic nitrogens is 2. The molecule has 1 saturated heterocycles. The maximum atomic E-state index is 11.1. The highest BCUT2D eigenvalue weighted by molar-refractivity contribution is 5.87. The van der Waals surface area contributed by atoms with Crippen LogP contribution in [0.5, 0.6) is 0 Å². The van der Waals surface area contributed by atoms with Crippen LogP contribution in [0.15, 0.2) is 24.5 Å².